The zero-order valence-electron chi connectivity index (χ0n) is 12.5. The average Bonchev–Trinajstić information content (AvgIpc) is 3.19. The Kier molecular flexibility index (Phi) is 3.15. The highest BCUT2D eigenvalue weighted by atomic mass is 32.1. The minimum Gasteiger partial charge on any atom is -0.304 e. The number of thiophene rings is 1. The monoisotopic (exact) mass is 308 g/mol. The van der Waals surface area contributed by atoms with Gasteiger partial charge in [-0.2, -0.15) is 0 Å². The second-order valence-corrected chi connectivity index (χ2v) is 6.35. The SMILES string of the molecule is CC[C@H](C)n1c(-c2cccs2)nc2nc3ccccc3nc21. The Bertz CT molecular complexity index is 940. The van der Waals surface area contributed by atoms with Gasteiger partial charge in [-0.05, 0) is 36.9 Å². The fraction of sp³-hybridized carbons (Fsp3) is 0.235. The number of hydrogen-bond acceptors (Lipinski definition) is 4. The molecule has 4 nitrogen and oxygen atoms in total. The van der Waals surface area contributed by atoms with E-state index in [9.17, 15) is 0 Å². The van der Waals surface area contributed by atoms with Crippen LogP contribution in [0, 0.1) is 0 Å². The predicted molar refractivity (Wildman–Crippen MR) is 91.1 cm³/mol. The number of imidazole rings is 1. The molecule has 3 aromatic heterocycles. The summed E-state index contributed by atoms with van der Waals surface area (Å²) in [5, 5.41) is 2.08. The van der Waals surface area contributed by atoms with E-state index in [2.05, 4.69) is 35.9 Å². The van der Waals surface area contributed by atoms with Crippen molar-refractivity contribution in [2.24, 2.45) is 0 Å². The number of benzene rings is 1. The van der Waals surface area contributed by atoms with E-state index < -0.39 is 0 Å². The standard InChI is InChI=1S/C17H16N4S/c1-3-11(2)21-16(14-9-6-10-22-14)20-15-17(21)19-13-8-5-4-7-12(13)18-15/h4-11H,3H2,1-2H3/t11-/m0/s1. The second-order valence-electron chi connectivity index (χ2n) is 5.40. The van der Waals surface area contributed by atoms with Crippen molar-refractivity contribution in [1.29, 1.82) is 0 Å². The number of fused-ring (bicyclic) bond motifs is 2. The van der Waals surface area contributed by atoms with Crippen LogP contribution in [0.25, 0.3) is 33.0 Å². The lowest BCUT2D eigenvalue weighted by Crippen LogP contribution is -2.06. The molecule has 0 amide bonds. The van der Waals surface area contributed by atoms with Crippen molar-refractivity contribution in [2.45, 2.75) is 26.3 Å². The van der Waals surface area contributed by atoms with E-state index in [4.69, 9.17) is 15.0 Å². The maximum atomic E-state index is 4.82. The van der Waals surface area contributed by atoms with Gasteiger partial charge in [-0.15, -0.1) is 11.3 Å². The maximum absolute atomic E-state index is 4.82. The topological polar surface area (TPSA) is 43.6 Å². The third kappa shape index (κ3) is 2.01. The molecular formula is C17H16N4S. The van der Waals surface area contributed by atoms with Gasteiger partial charge in [-0.3, -0.25) is 0 Å². The van der Waals surface area contributed by atoms with Gasteiger partial charge in [0.15, 0.2) is 17.1 Å². The molecule has 0 bridgehead atoms. The van der Waals surface area contributed by atoms with Crippen LogP contribution in [-0.4, -0.2) is 19.5 Å². The Balaban J connectivity index is 2.08. The van der Waals surface area contributed by atoms with Crippen molar-refractivity contribution < 1.29 is 0 Å². The molecule has 0 spiro atoms. The van der Waals surface area contributed by atoms with Crippen LogP contribution in [-0.2, 0) is 0 Å². The second kappa shape index (κ2) is 5.18. The van der Waals surface area contributed by atoms with Gasteiger partial charge in [0, 0.05) is 6.04 Å². The van der Waals surface area contributed by atoms with Crippen LogP contribution in [0.5, 0.6) is 0 Å². The van der Waals surface area contributed by atoms with Crippen LogP contribution < -0.4 is 0 Å². The van der Waals surface area contributed by atoms with E-state index in [0.29, 0.717) is 6.04 Å². The molecule has 4 rings (SSSR count). The molecule has 4 aromatic rings. The molecule has 0 saturated carbocycles. The molecule has 0 unspecified atom stereocenters. The van der Waals surface area contributed by atoms with Crippen LogP contribution in [0.4, 0.5) is 0 Å². The van der Waals surface area contributed by atoms with Crippen LogP contribution in [0.1, 0.15) is 26.3 Å². The first-order valence-electron chi connectivity index (χ1n) is 7.46. The Labute approximate surface area is 132 Å². The van der Waals surface area contributed by atoms with E-state index in [1.807, 2.05) is 24.3 Å². The van der Waals surface area contributed by atoms with Gasteiger partial charge < -0.3 is 4.57 Å². The van der Waals surface area contributed by atoms with E-state index >= 15 is 0 Å². The molecule has 0 aliphatic carbocycles. The van der Waals surface area contributed by atoms with E-state index in [1.165, 1.54) is 0 Å². The van der Waals surface area contributed by atoms with Crippen molar-refractivity contribution in [2.75, 3.05) is 0 Å². The number of rotatable bonds is 3. The molecule has 3 heterocycles. The van der Waals surface area contributed by atoms with Crippen molar-refractivity contribution in [3.05, 3.63) is 41.8 Å². The van der Waals surface area contributed by atoms with E-state index in [0.717, 1.165) is 39.5 Å². The average molecular weight is 308 g/mol. The number of para-hydroxylation sites is 2. The van der Waals surface area contributed by atoms with Crippen molar-refractivity contribution in [3.8, 4) is 10.7 Å². The number of hydrogen-bond donors (Lipinski definition) is 0. The number of aromatic nitrogens is 4. The highest BCUT2D eigenvalue weighted by molar-refractivity contribution is 7.13. The third-order valence-electron chi connectivity index (χ3n) is 3.98. The molecule has 0 radical (unpaired) electrons. The Hall–Kier alpha value is -2.27. The lowest BCUT2D eigenvalue weighted by atomic mass is 10.2. The van der Waals surface area contributed by atoms with Crippen molar-refractivity contribution in [1.82, 2.24) is 19.5 Å². The zero-order chi connectivity index (χ0) is 15.1. The molecule has 0 aliphatic rings. The zero-order valence-corrected chi connectivity index (χ0v) is 13.3. The first kappa shape index (κ1) is 13.4. The Morgan fingerprint density at radius 3 is 2.50 bits per heavy atom. The lowest BCUT2D eigenvalue weighted by molar-refractivity contribution is 0.547. The highest BCUT2D eigenvalue weighted by Gasteiger charge is 2.19. The van der Waals surface area contributed by atoms with Crippen LogP contribution >= 0.6 is 11.3 Å². The Morgan fingerprint density at radius 2 is 1.82 bits per heavy atom. The fourth-order valence-corrected chi connectivity index (χ4v) is 3.36. The summed E-state index contributed by atoms with van der Waals surface area (Å²) in [5.74, 6) is 0.967. The van der Waals surface area contributed by atoms with Crippen molar-refractivity contribution in [3.63, 3.8) is 0 Å². The minimum absolute atomic E-state index is 0.331. The van der Waals surface area contributed by atoms with E-state index in [1.54, 1.807) is 11.3 Å². The van der Waals surface area contributed by atoms with Gasteiger partial charge in [0.2, 0.25) is 0 Å². The van der Waals surface area contributed by atoms with Gasteiger partial charge in [-0.1, -0.05) is 25.1 Å². The smallest absolute Gasteiger partial charge is 0.198 e. The summed E-state index contributed by atoms with van der Waals surface area (Å²) in [5.41, 5.74) is 3.40. The summed E-state index contributed by atoms with van der Waals surface area (Å²) in [4.78, 5) is 15.4. The number of nitrogens with zero attached hydrogens (tertiary/aromatic N) is 4. The van der Waals surface area contributed by atoms with E-state index in [-0.39, 0.29) is 0 Å². The normalized spacial score (nSPS) is 13.0. The molecule has 110 valence electrons. The summed E-state index contributed by atoms with van der Waals surface area (Å²) in [6.45, 7) is 4.39. The summed E-state index contributed by atoms with van der Waals surface area (Å²) in [7, 11) is 0. The lowest BCUT2D eigenvalue weighted by Gasteiger charge is -2.14. The van der Waals surface area contributed by atoms with Gasteiger partial charge in [0.1, 0.15) is 0 Å². The van der Waals surface area contributed by atoms with Crippen LogP contribution in [0.15, 0.2) is 41.8 Å². The molecule has 0 aliphatic heterocycles. The largest absolute Gasteiger partial charge is 0.304 e. The summed E-state index contributed by atoms with van der Waals surface area (Å²) in [6, 6.07) is 12.4. The summed E-state index contributed by atoms with van der Waals surface area (Å²) in [6.07, 6.45) is 1.03. The maximum Gasteiger partial charge on any atom is 0.198 e. The fourth-order valence-electron chi connectivity index (χ4n) is 2.65. The highest BCUT2D eigenvalue weighted by Crippen LogP contribution is 2.31. The Morgan fingerprint density at radius 1 is 1.05 bits per heavy atom. The van der Waals surface area contributed by atoms with Crippen molar-refractivity contribution >= 4 is 33.7 Å². The van der Waals surface area contributed by atoms with Gasteiger partial charge in [-0.25, -0.2) is 15.0 Å². The molecule has 1 atom stereocenters. The molecule has 0 fully saturated rings. The van der Waals surface area contributed by atoms with Crippen LogP contribution in [0.2, 0.25) is 0 Å². The molecule has 0 N–H and O–H groups in total. The summed E-state index contributed by atoms with van der Waals surface area (Å²) < 4.78 is 2.22. The quantitative estimate of drug-likeness (QED) is 0.552. The first-order valence-corrected chi connectivity index (χ1v) is 8.34. The van der Waals surface area contributed by atoms with Gasteiger partial charge in [0.05, 0.1) is 15.9 Å². The van der Waals surface area contributed by atoms with Gasteiger partial charge >= 0.3 is 0 Å². The molecule has 1 aromatic carbocycles. The van der Waals surface area contributed by atoms with Crippen LogP contribution in [0.3, 0.4) is 0 Å². The van der Waals surface area contributed by atoms with Gasteiger partial charge in [0.25, 0.3) is 0 Å². The minimum atomic E-state index is 0.331. The predicted octanol–water partition coefficient (Wildman–Crippen LogP) is 4.68. The molecule has 22 heavy (non-hydrogen) atoms. The molecular weight excluding hydrogens is 292 g/mol. The summed E-state index contributed by atoms with van der Waals surface area (Å²) >= 11 is 1.70. The first-order chi connectivity index (χ1) is 10.8. The molecule has 0 saturated heterocycles. The molecule has 5 heteroatoms. The third-order valence-corrected chi connectivity index (χ3v) is 4.84.